The Morgan fingerprint density at radius 1 is 1.12 bits per heavy atom. The molecule has 2 N–H and O–H groups in total. The number of ether oxygens (including phenoxy) is 1. The fourth-order valence-corrected chi connectivity index (χ4v) is 2.47. The molecule has 0 aliphatic heterocycles. The third-order valence-corrected chi connectivity index (χ3v) is 3.75. The van der Waals surface area contributed by atoms with Crippen molar-refractivity contribution < 1.29 is 18.7 Å². The lowest BCUT2D eigenvalue weighted by Crippen LogP contribution is -2.13. The number of rotatable bonds is 5. The number of fused-ring (bicyclic) bond motifs is 1. The molecule has 0 fully saturated rings. The van der Waals surface area contributed by atoms with E-state index in [1.54, 1.807) is 42.5 Å². The summed E-state index contributed by atoms with van der Waals surface area (Å²) >= 11 is 0. The smallest absolute Gasteiger partial charge is 0.411 e. The first-order valence-corrected chi connectivity index (χ1v) is 7.82. The van der Waals surface area contributed by atoms with Crippen molar-refractivity contribution in [2.45, 2.75) is 13.5 Å². The van der Waals surface area contributed by atoms with Crippen molar-refractivity contribution in [3.8, 4) is 0 Å². The first kappa shape index (κ1) is 17.2. The summed E-state index contributed by atoms with van der Waals surface area (Å²) in [5.41, 5.74) is 2.64. The molecule has 7 heteroatoms. The number of hydrogen-bond acceptors (Lipinski definition) is 5. The molecule has 7 nitrogen and oxygen atoms in total. The highest BCUT2D eigenvalue weighted by molar-refractivity contribution is 5.89. The van der Waals surface area contributed by atoms with Crippen molar-refractivity contribution in [2.75, 3.05) is 10.6 Å². The molecular formula is C19H16N2O5. The van der Waals surface area contributed by atoms with E-state index in [0.717, 1.165) is 16.5 Å². The number of carbonyl (C=O) groups excluding carboxylic acids is 2. The summed E-state index contributed by atoms with van der Waals surface area (Å²) in [5.74, 6) is 0. The first-order chi connectivity index (χ1) is 12.5. The summed E-state index contributed by atoms with van der Waals surface area (Å²) < 4.78 is 10.3. The highest BCUT2D eigenvalue weighted by atomic mass is 16.5. The summed E-state index contributed by atoms with van der Waals surface area (Å²) in [6.45, 7) is 1.89. The Kier molecular flexibility index (Phi) is 4.98. The van der Waals surface area contributed by atoms with Gasteiger partial charge >= 0.3 is 11.7 Å². The third kappa shape index (κ3) is 4.07. The number of benzene rings is 2. The molecule has 0 atom stereocenters. The van der Waals surface area contributed by atoms with Crippen molar-refractivity contribution in [2.24, 2.45) is 0 Å². The van der Waals surface area contributed by atoms with Crippen LogP contribution in [0.5, 0.6) is 0 Å². The molecule has 0 aliphatic rings. The highest BCUT2D eigenvalue weighted by Gasteiger charge is 2.07. The van der Waals surface area contributed by atoms with Crippen molar-refractivity contribution in [1.82, 2.24) is 0 Å². The third-order valence-electron chi connectivity index (χ3n) is 3.75. The molecule has 26 heavy (non-hydrogen) atoms. The first-order valence-electron chi connectivity index (χ1n) is 7.82. The van der Waals surface area contributed by atoms with Gasteiger partial charge in [-0.1, -0.05) is 12.1 Å². The molecule has 2 amide bonds. The Bertz CT molecular complexity index is 1010. The van der Waals surface area contributed by atoms with Gasteiger partial charge in [0.15, 0.2) is 0 Å². The van der Waals surface area contributed by atoms with E-state index in [0.29, 0.717) is 23.4 Å². The minimum atomic E-state index is -0.630. The topological polar surface area (TPSA) is 97.6 Å². The van der Waals surface area contributed by atoms with Crippen LogP contribution in [-0.4, -0.2) is 12.5 Å². The van der Waals surface area contributed by atoms with Gasteiger partial charge in [-0.25, -0.2) is 9.59 Å². The van der Waals surface area contributed by atoms with Crippen LogP contribution in [0.4, 0.5) is 16.2 Å². The average Bonchev–Trinajstić information content (AvgIpc) is 2.61. The van der Waals surface area contributed by atoms with Gasteiger partial charge in [-0.05, 0) is 42.3 Å². The summed E-state index contributed by atoms with van der Waals surface area (Å²) in [4.78, 5) is 33.8. The Morgan fingerprint density at radius 3 is 2.58 bits per heavy atom. The minimum Gasteiger partial charge on any atom is -0.444 e. The van der Waals surface area contributed by atoms with Crippen molar-refractivity contribution in [1.29, 1.82) is 0 Å². The lowest BCUT2D eigenvalue weighted by Gasteiger charge is -2.08. The maximum atomic E-state index is 11.9. The molecule has 0 radical (unpaired) electrons. The summed E-state index contributed by atoms with van der Waals surface area (Å²) in [7, 11) is 0. The van der Waals surface area contributed by atoms with Crippen molar-refractivity contribution in [3.63, 3.8) is 0 Å². The number of amides is 2. The number of anilines is 2. The van der Waals surface area contributed by atoms with Crippen LogP contribution >= 0.6 is 0 Å². The second-order valence-corrected chi connectivity index (χ2v) is 5.62. The van der Waals surface area contributed by atoms with Crippen LogP contribution in [0.2, 0.25) is 0 Å². The van der Waals surface area contributed by atoms with Gasteiger partial charge in [0, 0.05) is 28.9 Å². The van der Waals surface area contributed by atoms with E-state index >= 15 is 0 Å². The van der Waals surface area contributed by atoms with E-state index < -0.39 is 11.7 Å². The quantitative estimate of drug-likeness (QED) is 0.542. The lowest BCUT2D eigenvalue weighted by molar-refractivity contribution is -0.105. The molecule has 0 aliphatic carbocycles. The van der Waals surface area contributed by atoms with Crippen LogP contribution < -0.4 is 16.3 Å². The molecule has 0 saturated heterocycles. The second-order valence-electron chi connectivity index (χ2n) is 5.62. The van der Waals surface area contributed by atoms with Crippen LogP contribution in [0, 0.1) is 6.92 Å². The fraction of sp³-hybridized carbons (Fsp3) is 0.105. The fourth-order valence-electron chi connectivity index (χ4n) is 2.47. The highest BCUT2D eigenvalue weighted by Crippen LogP contribution is 2.21. The molecule has 3 aromatic rings. The zero-order valence-electron chi connectivity index (χ0n) is 13.9. The Labute approximate surface area is 148 Å². The van der Waals surface area contributed by atoms with Crippen LogP contribution in [0.25, 0.3) is 11.0 Å². The van der Waals surface area contributed by atoms with Crippen LogP contribution in [-0.2, 0) is 16.1 Å². The summed E-state index contributed by atoms with van der Waals surface area (Å²) in [6, 6.07) is 13.4. The van der Waals surface area contributed by atoms with Gasteiger partial charge in [0.25, 0.3) is 0 Å². The molecule has 0 spiro atoms. The predicted molar refractivity (Wildman–Crippen MR) is 97.2 cm³/mol. The minimum absolute atomic E-state index is 0.0783. The number of aryl methyl sites for hydroxylation is 1. The van der Waals surface area contributed by atoms with Gasteiger partial charge in [-0.2, -0.15) is 0 Å². The Morgan fingerprint density at radius 2 is 1.85 bits per heavy atom. The summed E-state index contributed by atoms with van der Waals surface area (Å²) in [6.07, 6.45) is -0.0408. The van der Waals surface area contributed by atoms with E-state index in [9.17, 15) is 14.4 Å². The van der Waals surface area contributed by atoms with Gasteiger partial charge in [-0.15, -0.1) is 0 Å². The van der Waals surface area contributed by atoms with E-state index in [-0.39, 0.29) is 6.61 Å². The Hall–Kier alpha value is -3.61. The normalized spacial score (nSPS) is 10.3. The number of nitrogens with one attached hydrogen (secondary N) is 2. The molecule has 0 bridgehead atoms. The second kappa shape index (κ2) is 7.52. The Balaban J connectivity index is 1.63. The molecule has 0 saturated carbocycles. The molecule has 132 valence electrons. The van der Waals surface area contributed by atoms with E-state index in [4.69, 9.17) is 9.15 Å². The van der Waals surface area contributed by atoms with Crippen molar-refractivity contribution >= 4 is 34.8 Å². The predicted octanol–water partition coefficient (Wildman–Crippen LogP) is 3.42. The van der Waals surface area contributed by atoms with Crippen LogP contribution in [0.3, 0.4) is 0 Å². The molecule has 1 heterocycles. The standard InChI is InChI=1S/C19H16N2O5/c1-12-8-18(23)26-17-9-15(6-7-16(12)17)21-19(24)25-10-13-2-4-14(5-3-13)20-11-22/h2-9,11H,10H2,1H3,(H,20,22)(H,21,24). The summed E-state index contributed by atoms with van der Waals surface area (Å²) in [5, 5.41) is 5.91. The van der Waals surface area contributed by atoms with Gasteiger partial charge in [-0.3, -0.25) is 10.1 Å². The van der Waals surface area contributed by atoms with E-state index in [2.05, 4.69) is 10.6 Å². The number of hydrogen-bond donors (Lipinski definition) is 2. The molecule has 1 aromatic heterocycles. The van der Waals surface area contributed by atoms with E-state index in [1.807, 2.05) is 6.92 Å². The SMILES string of the molecule is Cc1cc(=O)oc2cc(NC(=O)OCc3ccc(NC=O)cc3)ccc12. The lowest BCUT2D eigenvalue weighted by atomic mass is 10.1. The van der Waals surface area contributed by atoms with E-state index in [1.165, 1.54) is 6.07 Å². The van der Waals surface area contributed by atoms with Gasteiger partial charge < -0.3 is 14.5 Å². The molecule has 0 unspecified atom stereocenters. The van der Waals surface area contributed by atoms with Crippen LogP contribution in [0.15, 0.2) is 57.7 Å². The van der Waals surface area contributed by atoms with Crippen molar-refractivity contribution in [3.05, 3.63) is 70.1 Å². The van der Waals surface area contributed by atoms with Gasteiger partial charge in [0.1, 0.15) is 12.2 Å². The van der Waals surface area contributed by atoms with Crippen LogP contribution in [0.1, 0.15) is 11.1 Å². The largest absolute Gasteiger partial charge is 0.444 e. The zero-order valence-corrected chi connectivity index (χ0v) is 13.9. The zero-order chi connectivity index (χ0) is 18.5. The number of carbonyl (C=O) groups is 2. The molecular weight excluding hydrogens is 336 g/mol. The molecule has 3 rings (SSSR count). The average molecular weight is 352 g/mol. The van der Waals surface area contributed by atoms with Gasteiger partial charge in [0.05, 0.1) is 0 Å². The maximum Gasteiger partial charge on any atom is 0.411 e. The monoisotopic (exact) mass is 352 g/mol. The molecule has 2 aromatic carbocycles. The van der Waals surface area contributed by atoms with Gasteiger partial charge in [0.2, 0.25) is 6.41 Å². The maximum absolute atomic E-state index is 11.9.